The predicted octanol–water partition coefficient (Wildman–Crippen LogP) is 3.64. The summed E-state index contributed by atoms with van der Waals surface area (Å²) < 4.78 is 17.3. The van der Waals surface area contributed by atoms with Gasteiger partial charge in [0.25, 0.3) is 0 Å². The first-order valence-corrected chi connectivity index (χ1v) is 9.76. The summed E-state index contributed by atoms with van der Waals surface area (Å²) in [6.45, 7) is 8.42. The lowest BCUT2D eigenvalue weighted by molar-refractivity contribution is 0.0676. The van der Waals surface area contributed by atoms with Gasteiger partial charge in [-0.25, -0.2) is 4.98 Å². The number of ether oxygens (including phenoxy) is 2. The van der Waals surface area contributed by atoms with E-state index in [-0.39, 0.29) is 30.1 Å². The van der Waals surface area contributed by atoms with Gasteiger partial charge in [0.2, 0.25) is 5.89 Å². The highest BCUT2D eigenvalue weighted by molar-refractivity contribution is 14.0. The van der Waals surface area contributed by atoms with Crippen molar-refractivity contribution in [2.45, 2.75) is 52.8 Å². The van der Waals surface area contributed by atoms with Crippen molar-refractivity contribution < 1.29 is 13.9 Å². The van der Waals surface area contributed by atoms with Gasteiger partial charge in [-0.2, -0.15) is 0 Å². The molecular weight excluding hydrogens is 483 g/mol. The van der Waals surface area contributed by atoms with E-state index >= 15 is 0 Å². The Morgan fingerprint density at radius 3 is 2.69 bits per heavy atom. The Balaban J connectivity index is 0.00000300. The van der Waals surface area contributed by atoms with E-state index in [1.165, 1.54) is 5.56 Å². The summed E-state index contributed by atoms with van der Waals surface area (Å²) in [4.78, 5) is 8.64. The van der Waals surface area contributed by atoms with Crippen LogP contribution in [-0.4, -0.2) is 37.3 Å². The predicted molar refractivity (Wildman–Crippen MR) is 124 cm³/mol. The number of guanidine groups is 1. The van der Waals surface area contributed by atoms with E-state index in [9.17, 15) is 0 Å². The first-order valence-electron chi connectivity index (χ1n) is 9.76. The van der Waals surface area contributed by atoms with Crippen LogP contribution in [-0.2, 0) is 17.8 Å². The number of oxazole rings is 1. The molecule has 0 spiro atoms. The maximum Gasteiger partial charge on any atom is 0.214 e. The van der Waals surface area contributed by atoms with Crippen molar-refractivity contribution in [2.75, 3.05) is 20.3 Å². The van der Waals surface area contributed by atoms with Gasteiger partial charge in [0.1, 0.15) is 18.1 Å². The van der Waals surface area contributed by atoms with Crippen molar-refractivity contribution in [3.05, 3.63) is 46.7 Å². The molecule has 2 heterocycles. The van der Waals surface area contributed by atoms with Crippen LogP contribution in [0.1, 0.15) is 41.3 Å². The van der Waals surface area contributed by atoms with Crippen molar-refractivity contribution in [3.8, 4) is 5.75 Å². The van der Waals surface area contributed by atoms with Gasteiger partial charge >= 0.3 is 0 Å². The molecule has 0 amide bonds. The normalized spacial score (nSPS) is 16.4. The molecule has 160 valence electrons. The van der Waals surface area contributed by atoms with Crippen molar-refractivity contribution in [1.82, 2.24) is 15.6 Å². The molecule has 0 bridgehead atoms. The number of hydrogen-bond acceptors (Lipinski definition) is 5. The van der Waals surface area contributed by atoms with E-state index in [0.717, 1.165) is 42.2 Å². The average Bonchev–Trinajstić information content (AvgIpc) is 3.31. The molecule has 1 fully saturated rings. The molecule has 1 atom stereocenters. The van der Waals surface area contributed by atoms with Crippen LogP contribution in [0.4, 0.5) is 0 Å². The first-order chi connectivity index (χ1) is 13.5. The zero-order valence-corrected chi connectivity index (χ0v) is 19.9. The molecule has 1 unspecified atom stereocenters. The topological polar surface area (TPSA) is 80.9 Å². The van der Waals surface area contributed by atoms with Gasteiger partial charge in [-0.1, -0.05) is 12.1 Å². The summed E-state index contributed by atoms with van der Waals surface area (Å²) in [5.41, 5.74) is 3.16. The lowest BCUT2D eigenvalue weighted by Crippen LogP contribution is -2.36. The van der Waals surface area contributed by atoms with Gasteiger partial charge < -0.3 is 24.5 Å². The summed E-state index contributed by atoms with van der Waals surface area (Å²) in [5.74, 6) is 3.05. The number of nitrogens with one attached hydrogen (secondary N) is 2. The Morgan fingerprint density at radius 2 is 2.03 bits per heavy atom. The quantitative estimate of drug-likeness (QED) is 0.334. The van der Waals surface area contributed by atoms with Gasteiger partial charge in [-0.05, 0) is 45.2 Å². The monoisotopic (exact) mass is 514 g/mol. The lowest BCUT2D eigenvalue weighted by atomic mass is 10.1. The van der Waals surface area contributed by atoms with Crippen LogP contribution in [0, 0.1) is 20.8 Å². The van der Waals surface area contributed by atoms with E-state index in [4.69, 9.17) is 13.9 Å². The van der Waals surface area contributed by atoms with Crippen molar-refractivity contribution in [1.29, 1.82) is 0 Å². The van der Waals surface area contributed by atoms with Crippen LogP contribution in [0.5, 0.6) is 5.75 Å². The second-order valence-electron chi connectivity index (χ2n) is 7.09. The number of aromatic nitrogens is 1. The minimum absolute atomic E-state index is 0. The van der Waals surface area contributed by atoms with Crippen LogP contribution in [0.15, 0.2) is 27.6 Å². The fraction of sp³-hybridized carbons (Fsp3) is 0.524. The molecular formula is C21H31IN4O3. The molecule has 1 aromatic carbocycles. The highest BCUT2D eigenvalue weighted by Gasteiger charge is 2.17. The molecule has 7 nitrogen and oxygen atoms in total. The molecule has 1 aliphatic heterocycles. The number of hydrogen-bond donors (Lipinski definition) is 2. The van der Waals surface area contributed by atoms with E-state index in [2.05, 4.69) is 45.7 Å². The summed E-state index contributed by atoms with van der Waals surface area (Å²) in [6, 6.07) is 6.24. The second kappa shape index (κ2) is 11.4. The number of aliphatic imine (C=N–C) groups is 1. The van der Waals surface area contributed by atoms with Gasteiger partial charge in [-0.3, -0.25) is 4.99 Å². The molecule has 1 saturated heterocycles. The molecule has 0 radical (unpaired) electrons. The molecule has 1 aliphatic rings. The SMILES string of the molecule is CN=C(NCc1nc(C)c(C)o1)NCc1ccc(C)cc1OCC1CCCO1.I. The largest absolute Gasteiger partial charge is 0.491 e. The maximum atomic E-state index is 6.06. The van der Waals surface area contributed by atoms with Crippen molar-refractivity contribution in [2.24, 2.45) is 4.99 Å². The van der Waals surface area contributed by atoms with Crippen LogP contribution in [0.2, 0.25) is 0 Å². The highest BCUT2D eigenvalue weighted by atomic mass is 127. The molecule has 29 heavy (non-hydrogen) atoms. The number of halogens is 1. The third-order valence-corrected chi connectivity index (χ3v) is 4.82. The van der Waals surface area contributed by atoms with E-state index in [1.807, 2.05) is 13.8 Å². The summed E-state index contributed by atoms with van der Waals surface area (Å²) in [5, 5.41) is 6.55. The zero-order valence-electron chi connectivity index (χ0n) is 17.6. The van der Waals surface area contributed by atoms with Crippen LogP contribution in [0.25, 0.3) is 0 Å². The number of rotatable bonds is 7. The van der Waals surface area contributed by atoms with Gasteiger partial charge in [0.15, 0.2) is 5.96 Å². The number of benzene rings is 1. The van der Waals surface area contributed by atoms with Crippen molar-refractivity contribution >= 4 is 29.9 Å². The fourth-order valence-corrected chi connectivity index (χ4v) is 3.07. The molecule has 8 heteroatoms. The second-order valence-corrected chi connectivity index (χ2v) is 7.09. The third-order valence-electron chi connectivity index (χ3n) is 4.82. The number of aryl methyl sites for hydroxylation is 3. The molecule has 0 aliphatic carbocycles. The average molecular weight is 514 g/mol. The van der Waals surface area contributed by atoms with Crippen molar-refractivity contribution in [3.63, 3.8) is 0 Å². The Hall–Kier alpha value is -1.81. The first kappa shape index (κ1) is 23.5. The standard InChI is InChI=1S/C21H30N4O3.HI/c1-14-7-8-17(19(10-14)27-13-18-6-5-9-26-18)11-23-21(22-4)24-12-20-25-15(2)16(3)28-20;/h7-8,10,18H,5-6,9,11-13H2,1-4H3,(H2,22,23,24);1H. The van der Waals surface area contributed by atoms with E-state index in [0.29, 0.717) is 31.5 Å². The molecule has 2 N–H and O–H groups in total. The maximum absolute atomic E-state index is 6.06. The van der Waals surface area contributed by atoms with Gasteiger partial charge in [-0.15, -0.1) is 24.0 Å². The Morgan fingerprint density at radius 1 is 1.24 bits per heavy atom. The summed E-state index contributed by atoms with van der Waals surface area (Å²) in [6.07, 6.45) is 2.38. The van der Waals surface area contributed by atoms with E-state index < -0.39 is 0 Å². The summed E-state index contributed by atoms with van der Waals surface area (Å²) >= 11 is 0. The Bertz CT molecular complexity index is 797. The van der Waals surface area contributed by atoms with Gasteiger partial charge in [0.05, 0.1) is 18.3 Å². The van der Waals surface area contributed by atoms with Crippen LogP contribution < -0.4 is 15.4 Å². The molecule has 1 aromatic heterocycles. The highest BCUT2D eigenvalue weighted by Crippen LogP contribution is 2.22. The molecule has 0 saturated carbocycles. The number of nitrogens with zero attached hydrogens (tertiary/aromatic N) is 2. The van der Waals surface area contributed by atoms with Crippen LogP contribution in [0.3, 0.4) is 0 Å². The fourth-order valence-electron chi connectivity index (χ4n) is 3.07. The Labute approximate surface area is 189 Å². The van der Waals surface area contributed by atoms with Gasteiger partial charge in [0, 0.05) is 25.8 Å². The van der Waals surface area contributed by atoms with E-state index in [1.54, 1.807) is 7.05 Å². The third kappa shape index (κ3) is 6.88. The minimum Gasteiger partial charge on any atom is -0.491 e. The van der Waals surface area contributed by atoms with Crippen LogP contribution >= 0.6 is 24.0 Å². The lowest BCUT2D eigenvalue weighted by Gasteiger charge is -2.17. The molecule has 2 aromatic rings. The molecule has 3 rings (SSSR count). The summed E-state index contributed by atoms with van der Waals surface area (Å²) in [7, 11) is 1.74. The smallest absolute Gasteiger partial charge is 0.214 e. The Kier molecular flexibility index (Phi) is 9.22. The zero-order chi connectivity index (χ0) is 19.9. The minimum atomic E-state index is 0.